The van der Waals surface area contributed by atoms with Crippen molar-refractivity contribution in [3.8, 4) is 0 Å². The van der Waals surface area contributed by atoms with E-state index in [9.17, 15) is 18.0 Å². The Bertz CT molecular complexity index is 475. The van der Waals surface area contributed by atoms with Crippen LogP contribution in [0.5, 0.6) is 0 Å². The molecule has 2 unspecified atom stereocenters. The fourth-order valence-electron chi connectivity index (χ4n) is 2.52. The van der Waals surface area contributed by atoms with Gasteiger partial charge in [0.05, 0.1) is 17.4 Å². The molecule has 108 valence electrons. The van der Waals surface area contributed by atoms with Crippen LogP contribution in [0.4, 0.5) is 4.79 Å². The van der Waals surface area contributed by atoms with Gasteiger partial charge >= 0.3 is 12.0 Å². The van der Waals surface area contributed by atoms with Gasteiger partial charge in [-0.15, -0.1) is 0 Å². The maximum Gasteiger partial charge on any atom is 0.317 e. The van der Waals surface area contributed by atoms with E-state index in [-0.39, 0.29) is 30.0 Å². The number of rotatable bonds is 3. The van der Waals surface area contributed by atoms with Crippen LogP contribution >= 0.6 is 0 Å². The van der Waals surface area contributed by atoms with E-state index in [1.807, 2.05) is 0 Å². The van der Waals surface area contributed by atoms with Crippen molar-refractivity contribution in [1.82, 2.24) is 10.2 Å². The minimum absolute atomic E-state index is 0.0215. The molecule has 2 aliphatic heterocycles. The molecule has 2 N–H and O–H groups in total. The van der Waals surface area contributed by atoms with Gasteiger partial charge in [-0.3, -0.25) is 4.79 Å². The Morgan fingerprint density at radius 3 is 2.58 bits per heavy atom. The van der Waals surface area contributed by atoms with Crippen LogP contribution in [-0.4, -0.2) is 61.6 Å². The number of aliphatic carboxylic acids is 1. The Morgan fingerprint density at radius 2 is 2.05 bits per heavy atom. The van der Waals surface area contributed by atoms with E-state index in [0.29, 0.717) is 25.9 Å². The summed E-state index contributed by atoms with van der Waals surface area (Å²) >= 11 is 0. The molecule has 0 bridgehead atoms. The maximum absolute atomic E-state index is 11.8. The highest BCUT2D eigenvalue weighted by molar-refractivity contribution is 7.91. The fraction of sp³-hybridized carbons (Fsp3) is 0.818. The van der Waals surface area contributed by atoms with Crippen molar-refractivity contribution >= 4 is 21.8 Å². The summed E-state index contributed by atoms with van der Waals surface area (Å²) in [6.45, 7) is 1.00. The summed E-state index contributed by atoms with van der Waals surface area (Å²) in [5, 5.41) is 11.5. The number of hydrogen-bond acceptors (Lipinski definition) is 4. The van der Waals surface area contributed by atoms with Crippen molar-refractivity contribution in [2.24, 2.45) is 11.8 Å². The zero-order valence-electron chi connectivity index (χ0n) is 10.5. The molecule has 2 rings (SSSR count). The van der Waals surface area contributed by atoms with Gasteiger partial charge in [-0.25, -0.2) is 13.2 Å². The summed E-state index contributed by atoms with van der Waals surface area (Å²) in [6, 6.07) is -0.298. The minimum atomic E-state index is -2.93. The number of carboxylic acid groups (broad SMARTS) is 1. The number of carboxylic acids is 1. The van der Waals surface area contributed by atoms with E-state index in [1.165, 1.54) is 4.90 Å². The normalized spacial score (nSPS) is 29.4. The number of hydrogen-bond donors (Lipinski definition) is 2. The third-order valence-electron chi connectivity index (χ3n) is 3.69. The SMILES string of the molecule is O=C(O)C1CCN(C(=O)NCC2CCS(=O)(=O)C2)C1. The van der Waals surface area contributed by atoms with Gasteiger partial charge in [0.2, 0.25) is 0 Å². The van der Waals surface area contributed by atoms with Crippen LogP contribution in [-0.2, 0) is 14.6 Å². The standard InChI is InChI=1S/C11H18N2O5S/c14-10(15)9-1-3-13(6-9)11(16)12-5-8-2-4-19(17,18)7-8/h8-9H,1-7H2,(H,12,16)(H,14,15). The molecular weight excluding hydrogens is 272 g/mol. The molecule has 0 spiro atoms. The van der Waals surface area contributed by atoms with E-state index in [4.69, 9.17) is 5.11 Å². The van der Waals surface area contributed by atoms with E-state index >= 15 is 0 Å². The summed E-state index contributed by atoms with van der Waals surface area (Å²) in [7, 11) is -2.93. The second kappa shape index (κ2) is 5.36. The first-order valence-corrected chi connectivity index (χ1v) is 8.15. The second-order valence-corrected chi connectivity index (χ2v) is 7.45. The average Bonchev–Trinajstić information content (AvgIpc) is 2.92. The monoisotopic (exact) mass is 290 g/mol. The number of nitrogens with one attached hydrogen (secondary N) is 1. The zero-order valence-corrected chi connectivity index (χ0v) is 11.4. The Morgan fingerprint density at radius 1 is 1.32 bits per heavy atom. The van der Waals surface area contributed by atoms with Gasteiger partial charge in [-0.1, -0.05) is 0 Å². The largest absolute Gasteiger partial charge is 0.481 e. The molecule has 2 amide bonds. The van der Waals surface area contributed by atoms with Gasteiger partial charge in [-0.2, -0.15) is 0 Å². The van der Waals surface area contributed by atoms with Gasteiger partial charge in [0.1, 0.15) is 0 Å². The van der Waals surface area contributed by atoms with Gasteiger partial charge in [0.25, 0.3) is 0 Å². The van der Waals surface area contributed by atoms with Gasteiger partial charge in [0.15, 0.2) is 9.84 Å². The van der Waals surface area contributed by atoms with Crippen LogP contribution in [0.2, 0.25) is 0 Å². The van der Waals surface area contributed by atoms with Gasteiger partial charge < -0.3 is 15.3 Å². The van der Waals surface area contributed by atoms with Crippen LogP contribution in [0, 0.1) is 11.8 Å². The highest BCUT2D eigenvalue weighted by Gasteiger charge is 2.32. The van der Waals surface area contributed by atoms with Crippen molar-refractivity contribution in [3.63, 3.8) is 0 Å². The maximum atomic E-state index is 11.8. The zero-order chi connectivity index (χ0) is 14.0. The molecule has 0 radical (unpaired) electrons. The first-order valence-electron chi connectivity index (χ1n) is 6.33. The highest BCUT2D eigenvalue weighted by atomic mass is 32.2. The number of carbonyl (C=O) groups is 2. The number of amides is 2. The number of sulfone groups is 1. The van der Waals surface area contributed by atoms with Crippen LogP contribution < -0.4 is 5.32 Å². The molecular formula is C11H18N2O5S. The summed E-state index contributed by atoms with van der Waals surface area (Å²) in [4.78, 5) is 24.1. The highest BCUT2D eigenvalue weighted by Crippen LogP contribution is 2.19. The molecule has 2 atom stereocenters. The van der Waals surface area contributed by atoms with Crippen LogP contribution in [0.25, 0.3) is 0 Å². The quantitative estimate of drug-likeness (QED) is 0.732. The number of nitrogens with zero attached hydrogens (tertiary/aromatic N) is 1. The van der Waals surface area contributed by atoms with E-state index in [1.54, 1.807) is 0 Å². The summed E-state index contributed by atoms with van der Waals surface area (Å²) < 4.78 is 22.5. The Kier molecular flexibility index (Phi) is 3.98. The Labute approximate surface area is 111 Å². The predicted octanol–water partition coefficient (Wildman–Crippen LogP) is -0.463. The molecule has 2 aliphatic rings. The first-order chi connectivity index (χ1) is 8.87. The fourth-order valence-corrected chi connectivity index (χ4v) is 4.38. The van der Waals surface area contributed by atoms with Crippen LogP contribution in [0.15, 0.2) is 0 Å². The predicted molar refractivity (Wildman–Crippen MR) is 67.5 cm³/mol. The molecule has 19 heavy (non-hydrogen) atoms. The molecule has 8 heteroatoms. The smallest absolute Gasteiger partial charge is 0.317 e. The number of likely N-dealkylation sites (tertiary alicyclic amines) is 1. The molecule has 2 fully saturated rings. The molecule has 0 aromatic carbocycles. The lowest BCUT2D eigenvalue weighted by Crippen LogP contribution is -2.41. The lowest BCUT2D eigenvalue weighted by Gasteiger charge is -2.18. The van der Waals surface area contributed by atoms with Crippen molar-refractivity contribution < 1.29 is 23.1 Å². The summed E-state index contributed by atoms with van der Waals surface area (Å²) in [5.41, 5.74) is 0. The van der Waals surface area contributed by atoms with E-state index in [2.05, 4.69) is 5.32 Å². The lowest BCUT2D eigenvalue weighted by molar-refractivity contribution is -0.141. The second-order valence-electron chi connectivity index (χ2n) is 5.22. The molecule has 0 aromatic heterocycles. The Balaban J connectivity index is 1.75. The third kappa shape index (κ3) is 3.59. The third-order valence-corrected chi connectivity index (χ3v) is 5.53. The topological polar surface area (TPSA) is 104 Å². The number of carbonyl (C=O) groups excluding carboxylic acids is 1. The van der Waals surface area contributed by atoms with E-state index < -0.39 is 21.7 Å². The molecule has 0 aliphatic carbocycles. The molecule has 2 heterocycles. The number of urea groups is 1. The van der Waals surface area contributed by atoms with Crippen molar-refractivity contribution in [3.05, 3.63) is 0 Å². The molecule has 7 nitrogen and oxygen atoms in total. The molecule has 0 saturated carbocycles. The van der Waals surface area contributed by atoms with Gasteiger partial charge in [-0.05, 0) is 18.8 Å². The lowest BCUT2D eigenvalue weighted by atomic mass is 10.1. The summed E-state index contributed by atoms with van der Waals surface area (Å²) in [5.74, 6) is -1.06. The van der Waals surface area contributed by atoms with Crippen molar-refractivity contribution in [2.75, 3.05) is 31.1 Å². The van der Waals surface area contributed by atoms with Crippen molar-refractivity contribution in [2.45, 2.75) is 12.8 Å². The minimum Gasteiger partial charge on any atom is -0.481 e. The molecule has 0 aromatic rings. The molecule has 2 saturated heterocycles. The summed E-state index contributed by atoms with van der Waals surface area (Å²) in [6.07, 6.45) is 1.06. The average molecular weight is 290 g/mol. The van der Waals surface area contributed by atoms with Crippen molar-refractivity contribution in [1.29, 1.82) is 0 Å². The van der Waals surface area contributed by atoms with E-state index in [0.717, 1.165) is 0 Å². The Hall–Kier alpha value is -1.31. The first kappa shape index (κ1) is 14.1. The van der Waals surface area contributed by atoms with Crippen LogP contribution in [0.3, 0.4) is 0 Å². The van der Waals surface area contributed by atoms with Gasteiger partial charge in [0, 0.05) is 19.6 Å². The van der Waals surface area contributed by atoms with Crippen LogP contribution in [0.1, 0.15) is 12.8 Å².